The predicted molar refractivity (Wildman–Crippen MR) is 127 cm³/mol. The number of imide groups is 1. The maximum absolute atomic E-state index is 13.6. The summed E-state index contributed by atoms with van der Waals surface area (Å²) in [6, 6.07) is 6.23. The van der Waals surface area contributed by atoms with Crippen molar-refractivity contribution in [3.63, 3.8) is 0 Å². The third-order valence-electron chi connectivity index (χ3n) is 6.48. The number of anilines is 1. The largest absolute Gasteiger partial charge is 0.425 e. The number of nitrogens with one attached hydrogen (secondary N) is 2. The Bertz CT molecular complexity index is 1300. The molecule has 2 aromatic rings. The average molecular weight is 552 g/mol. The zero-order chi connectivity index (χ0) is 28.5. The molecule has 39 heavy (non-hydrogen) atoms. The molecular weight excluding hydrogens is 528 g/mol. The SMILES string of the molecule is CNC(=O)Nc1ccc2c(c1)COC[C@]21OC(=O)N(CC(=O)N(Cc2ccc(F)cc2)[C@@H](C)C(F)(F)F)C1=O. The highest BCUT2D eigenvalue weighted by Crippen LogP contribution is 2.41. The Morgan fingerprint density at radius 1 is 1.15 bits per heavy atom. The van der Waals surface area contributed by atoms with Gasteiger partial charge in [-0.05, 0) is 42.3 Å². The molecule has 0 radical (unpaired) electrons. The second-order valence-electron chi connectivity index (χ2n) is 9.02. The first-order valence-corrected chi connectivity index (χ1v) is 11.7. The number of amides is 5. The Kier molecular flexibility index (Phi) is 7.50. The van der Waals surface area contributed by atoms with Crippen molar-refractivity contribution < 1.29 is 46.2 Å². The van der Waals surface area contributed by atoms with Gasteiger partial charge in [0.1, 0.15) is 25.0 Å². The van der Waals surface area contributed by atoms with Gasteiger partial charge in [0, 0.05) is 24.8 Å². The molecule has 14 heteroatoms. The van der Waals surface area contributed by atoms with Gasteiger partial charge in [-0.2, -0.15) is 13.2 Å². The summed E-state index contributed by atoms with van der Waals surface area (Å²) < 4.78 is 65.0. The standard InChI is InChI=1S/C25H24F4N4O6/c1-14(25(27,28)29)32(10-15-3-5-17(26)6-4-15)20(34)11-33-21(35)24(39-23(33)37)13-38-12-16-9-18(7-8-19(16)24)31-22(36)30-2/h3-9,14H,10-13H2,1-2H3,(H2,30,31,36)/t14-,24-/m0/s1. The average Bonchev–Trinajstić information content (AvgIpc) is 3.11. The van der Waals surface area contributed by atoms with Crippen molar-refractivity contribution in [1.82, 2.24) is 15.1 Å². The van der Waals surface area contributed by atoms with Crippen LogP contribution in [-0.2, 0) is 37.8 Å². The minimum Gasteiger partial charge on any atom is -0.425 e. The summed E-state index contributed by atoms with van der Waals surface area (Å²) in [5.41, 5.74) is -0.684. The minimum absolute atomic E-state index is 0.0264. The monoisotopic (exact) mass is 552 g/mol. The molecule has 1 saturated heterocycles. The zero-order valence-electron chi connectivity index (χ0n) is 20.8. The highest BCUT2D eigenvalue weighted by Gasteiger charge is 2.58. The Balaban J connectivity index is 1.59. The maximum Gasteiger partial charge on any atom is 0.418 e. The van der Waals surface area contributed by atoms with Gasteiger partial charge >= 0.3 is 18.3 Å². The van der Waals surface area contributed by atoms with E-state index in [1.54, 1.807) is 0 Å². The number of nitrogens with zero attached hydrogens (tertiary/aromatic N) is 2. The van der Waals surface area contributed by atoms with Gasteiger partial charge in [-0.15, -0.1) is 0 Å². The number of carbonyl (C=O) groups is 4. The highest BCUT2D eigenvalue weighted by atomic mass is 19.4. The highest BCUT2D eigenvalue weighted by molar-refractivity contribution is 6.06. The fourth-order valence-corrected chi connectivity index (χ4v) is 4.34. The van der Waals surface area contributed by atoms with Crippen molar-refractivity contribution >= 4 is 29.6 Å². The normalized spacial score (nSPS) is 19.4. The van der Waals surface area contributed by atoms with E-state index in [0.29, 0.717) is 21.1 Å². The summed E-state index contributed by atoms with van der Waals surface area (Å²) in [7, 11) is 1.43. The van der Waals surface area contributed by atoms with Gasteiger partial charge in [0.05, 0.1) is 6.61 Å². The fourth-order valence-electron chi connectivity index (χ4n) is 4.34. The molecular formula is C25H24F4N4O6. The first-order valence-electron chi connectivity index (χ1n) is 11.7. The number of benzene rings is 2. The van der Waals surface area contributed by atoms with Crippen LogP contribution in [0.1, 0.15) is 23.6 Å². The van der Waals surface area contributed by atoms with E-state index in [1.807, 2.05) is 0 Å². The molecule has 1 fully saturated rings. The Morgan fingerprint density at radius 3 is 2.49 bits per heavy atom. The Labute approximate surface area is 219 Å². The Morgan fingerprint density at radius 2 is 1.85 bits per heavy atom. The van der Waals surface area contributed by atoms with Gasteiger partial charge in [0.2, 0.25) is 11.5 Å². The van der Waals surface area contributed by atoms with Crippen LogP contribution in [0.5, 0.6) is 0 Å². The molecule has 0 bridgehead atoms. The number of hydrogen-bond acceptors (Lipinski definition) is 6. The maximum atomic E-state index is 13.6. The van der Waals surface area contributed by atoms with Crippen molar-refractivity contribution in [3.8, 4) is 0 Å². The molecule has 2 aliphatic rings. The quantitative estimate of drug-likeness (QED) is 0.532. The summed E-state index contributed by atoms with van der Waals surface area (Å²) in [6.07, 6.45) is -6.04. The molecule has 208 valence electrons. The van der Waals surface area contributed by atoms with E-state index in [2.05, 4.69) is 10.6 Å². The number of carbonyl (C=O) groups excluding carboxylic acids is 4. The van der Waals surface area contributed by atoms with Crippen LogP contribution < -0.4 is 10.6 Å². The molecule has 0 unspecified atom stereocenters. The Hall–Kier alpha value is -4.20. The number of ether oxygens (including phenoxy) is 2. The summed E-state index contributed by atoms with van der Waals surface area (Å²) in [6.45, 7) is -1.15. The van der Waals surface area contributed by atoms with Gasteiger partial charge in [-0.25, -0.2) is 18.9 Å². The molecule has 10 nitrogen and oxygen atoms in total. The van der Waals surface area contributed by atoms with Crippen LogP contribution >= 0.6 is 0 Å². The first-order chi connectivity index (χ1) is 18.4. The molecule has 2 N–H and O–H groups in total. The molecule has 0 aliphatic carbocycles. The lowest BCUT2D eigenvalue weighted by Gasteiger charge is -2.33. The molecule has 5 amide bonds. The summed E-state index contributed by atoms with van der Waals surface area (Å²) in [5.74, 6) is -2.76. The molecule has 2 aliphatic heterocycles. The number of rotatable bonds is 6. The van der Waals surface area contributed by atoms with Crippen LogP contribution in [0.25, 0.3) is 0 Å². The van der Waals surface area contributed by atoms with Crippen molar-refractivity contribution in [2.24, 2.45) is 0 Å². The summed E-state index contributed by atoms with van der Waals surface area (Å²) in [4.78, 5) is 51.9. The fraction of sp³-hybridized carbons (Fsp3) is 0.360. The zero-order valence-corrected chi connectivity index (χ0v) is 20.8. The number of halogens is 4. The number of urea groups is 1. The van der Waals surface area contributed by atoms with Crippen LogP contribution in [0, 0.1) is 5.82 Å². The molecule has 2 aromatic carbocycles. The third kappa shape index (κ3) is 5.50. The van der Waals surface area contributed by atoms with Crippen LogP contribution in [0.15, 0.2) is 42.5 Å². The molecule has 2 atom stereocenters. The van der Waals surface area contributed by atoms with E-state index in [4.69, 9.17) is 9.47 Å². The lowest BCUT2D eigenvalue weighted by atomic mass is 9.87. The van der Waals surface area contributed by atoms with E-state index in [0.717, 1.165) is 19.1 Å². The van der Waals surface area contributed by atoms with E-state index >= 15 is 0 Å². The second-order valence-corrected chi connectivity index (χ2v) is 9.02. The van der Waals surface area contributed by atoms with E-state index in [9.17, 15) is 36.7 Å². The minimum atomic E-state index is -4.82. The van der Waals surface area contributed by atoms with E-state index < -0.39 is 60.7 Å². The van der Waals surface area contributed by atoms with E-state index in [-0.39, 0.29) is 24.3 Å². The van der Waals surface area contributed by atoms with Crippen LogP contribution in [0.2, 0.25) is 0 Å². The summed E-state index contributed by atoms with van der Waals surface area (Å²) >= 11 is 0. The number of hydrogen-bond donors (Lipinski definition) is 2. The first kappa shape index (κ1) is 27.8. The van der Waals surface area contributed by atoms with Crippen LogP contribution in [-0.4, -0.2) is 66.2 Å². The van der Waals surface area contributed by atoms with Crippen LogP contribution in [0.4, 0.5) is 32.8 Å². The van der Waals surface area contributed by atoms with Crippen molar-refractivity contribution in [1.29, 1.82) is 0 Å². The molecule has 1 spiro atoms. The molecule has 4 rings (SSSR count). The van der Waals surface area contributed by atoms with Gasteiger partial charge in [0.15, 0.2) is 0 Å². The molecule has 0 saturated carbocycles. The second kappa shape index (κ2) is 10.5. The van der Waals surface area contributed by atoms with Gasteiger partial charge in [-0.3, -0.25) is 9.59 Å². The van der Waals surface area contributed by atoms with Crippen LogP contribution in [0.3, 0.4) is 0 Å². The van der Waals surface area contributed by atoms with Gasteiger partial charge in [0.25, 0.3) is 5.91 Å². The molecule has 0 aromatic heterocycles. The predicted octanol–water partition coefficient (Wildman–Crippen LogP) is 3.26. The lowest BCUT2D eigenvalue weighted by molar-refractivity contribution is -0.187. The third-order valence-corrected chi connectivity index (χ3v) is 6.48. The van der Waals surface area contributed by atoms with Crippen molar-refractivity contribution in [2.75, 3.05) is 25.5 Å². The molecule has 2 heterocycles. The van der Waals surface area contributed by atoms with Crippen molar-refractivity contribution in [3.05, 3.63) is 65.0 Å². The number of fused-ring (bicyclic) bond motifs is 2. The van der Waals surface area contributed by atoms with Crippen molar-refractivity contribution in [2.45, 2.75) is 37.9 Å². The lowest BCUT2D eigenvalue weighted by Crippen LogP contribution is -2.52. The van der Waals surface area contributed by atoms with Gasteiger partial charge in [-0.1, -0.05) is 18.2 Å². The van der Waals surface area contributed by atoms with E-state index in [1.165, 1.54) is 37.4 Å². The summed E-state index contributed by atoms with van der Waals surface area (Å²) in [5, 5.41) is 4.95. The van der Waals surface area contributed by atoms with Gasteiger partial charge < -0.3 is 25.0 Å². The smallest absolute Gasteiger partial charge is 0.418 e. The topological polar surface area (TPSA) is 117 Å². The number of alkyl halides is 3.